The van der Waals surface area contributed by atoms with E-state index in [1.165, 1.54) is 0 Å². The smallest absolute Gasteiger partial charge is 0.410 e. The summed E-state index contributed by atoms with van der Waals surface area (Å²) in [5.41, 5.74) is -0.489. The molecular formula is C12H19NO3. The highest BCUT2D eigenvalue weighted by Crippen LogP contribution is 2.36. The van der Waals surface area contributed by atoms with Crippen LogP contribution in [0.3, 0.4) is 0 Å². The number of carbonyl (C=O) groups excluding carboxylic acids is 2. The topological polar surface area (TPSA) is 46.6 Å². The SMILES string of the molecule is CC(C)(C)OC(=O)N1CC[C@H]2CCC(=O)[C@H]21. The number of Topliss-reactive ketones (excluding diaryl/α,β-unsaturated/α-hetero) is 1. The Kier molecular flexibility index (Phi) is 2.68. The molecule has 1 aliphatic carbocycles. The number of nitrogens with zero attached hydrogens (tertiary/aromatic N) is 1. The Balaban J connectivity index is 2.05. The minimum absolute atomic E-state index is 0.199. The highest BCUT2D eigenvalue weighted by atomic mass is 16.6. The maximum Gasteiger partial charge on any atom is 0.410 e. The van der Waals surface area contributed by atoms with E-state index in [0.29, 0.717) is 18.9 Å². The van der Waals surface area contributed by atoms with Gasteiger partial charge in [0.1, 0.15) is 5.60 Å². The van der Waals surface area contributed by atoms with Gasteiger partial charge in [-0.25, -0.2) is 4.79 Å². The molecule has 2 atom stereocenters. The maximum atomic E-state index is 11.9. The van der Waals surface area contributed by atoms with Gasteiger partial charge in [0.25, 0.3) is 0 Å². The molecule has 16 heavy (non-hydrogen) atoms. The normalized spacial score (nSPS) is 29.4. The van der Waals surface area contributed by atoms with Crippen LogP contribution in [0.4, 0.5) is 4.79 Å². The lowest BCUT2D eigenvalue weighted by Gasteiger charge is -2.27. The zero-order valence-electron chi connectivity index (χ0n) is 10.2. The number of hydrogen-bond acceptors (Lipinski definition) is 3. The summed E-state index contributed by atoms with van der Waals surface area (Å²) in [4.78, 5) is 25.2. The Labute approximate surface area is 95.9 Å². The number of ether oxygens (including phenoxy) is 1. The van der Waals surface area contributed by atoms with Crippen LogP contribution >= 0.6 is 0 Å². The van der Waals surface area contributed by atoms with Crippen LogP contribution in [0.25, 0.3) is 0 Å². The van der Waals surface area contributed by atoms with Crippen molar-refractivity contribution in [3.63, 3.8) is 0 Å². The van der Waals surface area contributed by atoms with Gasteiger partial charge in [-0.2, -0.15) is 0 Å². The predicted molar refractivity (Wildman–Crippen MR) is 59.1 cm³/mol. The molecule has 1 saturated heterocycles. The van der Waals surface area contributed by atoms with Crippen LogP contribution in [0.2, 0.25) is 0 Å². The molecule has 0 aromatic rings. The van der Waals surface area contributed by atoms with Crippen LogP contribution in [0.15, 0.2) is 0 Å². The lowest BCUT2D eigenvalue weighted by Crippen LogP contribution is -2.43. The number of fused-ring (bicyclic) bond motifs is 1. The number of rotatable bonds is 0. The Morgan fingerprint density at radius 1 is 1.38 bits per heavy atom. The summed E-state index contributed by atoms with van der Waals surface area (Å²) in [6, 6.07) is -0.199. The van der Waals surface area contributed by atoms with E-state index in [1.54, 1.807) is 4.90 Å². The third-order valence-electron chi connectivity index (χ3n) is 3.24. The Hall–Kier alpha value is -1.06. The number of carbonyl (C=O) groups is 2. The summed E-state index contributed by atoms with van der Waals surface area (Å²) in [5.74, 6) is 0.577. The van der Waals surface area contributed by atoms with E-state index in [2.05, 4.69) is 0 Å². The summed E-state index contributed by atoms with van der Waals surface area (Å²) in [7, 11) is 0. The van der Waals surface area contributed by atoms with E-state index in [1.807, 2.05) is 20.8 Å². The molecule has 90 valence electrons. The average Bonchev–Trinajstić information content (AvgIpc) is 2.66. The van der Waals surface area contributed by atoms with Crippen LogP contribution in [0, 0.1) is 5.92 Å². The summed E-state index contributed by atoms with van der Waals surface area (Å²) >= 11 is 0. The highest BCUT2D eigenvalue weighted by molar-refractivity contribution is 5.90. The predicted octanol–water partition coefficient (Wildman–Crippen LogP) is 1.97. The molecule has 0 bridgehead atoms. The molecule has 1 saturated carbocycles. The minimum Gasteiger partial charge on any atom is -0.444 e. The zero-order chi connectivity index (χ0) is 11.9. The van der Waals surface area contributed by atoms with Crippen molar-refractivity contribution in [3.8, 4) is 0 Å². The van der Waals surface area contributed by atoms with Crippen LogP contribution < -0.4 is 0 Å². The average molecular weight is 225 g/mol. The molecule has 0 aromatic heterocycles. The Morgan fingerprint density at radius 2 is 2.06 bits per heavy atom. The minimum atomic E-state index is -0.489. The van der Waals surface area contributed by atoms with Crippen molar-refractivity contribution >= 4 is 11.9 Å². The summed E-state index contributed by atoms with van der Waals surface area (Å²) < 4.78 is 5.31. The number of amides is 1. The van der Waals surface area contributed by atoms with Gasteiger partial charge in [-0.3, -0.25) is 9.69 Å². The zero-order valence-corrected chi connectivity index (χ0v) is 10.2. The Bertz CT molecular complexity index is 319. The molecule has 1 aliphatic heterocycles. The molecule has 0 radical (unpaired) electrons. The molecule has 0 spiro atoms. The van der Waals surface area contributed by atoms with Gasteiger partial charge >= 0.3 is 6.09 Å². The van der Waals surface area contributed by atoms with Gasteiger partial charge in [-0.15, -0.1) is 0 Å². The lowest BCUT2D eigenvalue weighted by molar-refractivity contribution is -0.121. The maximum absolute atomic E-state index is 11.9. The molecule has 1 heterocycles. The second kappa shape index (κ2) is 3.75. The fourth-order valence-electron chi connectivity index (χ4n) is 2.60. The van der Waals surface area contributed by atoms with Crippen molar-refractivity contribution in [2.24, 2.45) is 5.92 Å². The third-order valence-corrected chi connectivity index (χ3v) is 3.24. The number of ketones is 1. The summed E-state index contributed by atoms with van der Waals surface area (Å²) in [6.07, 6.45) is 2.16. The molecule has 1 amide bonds. The first-order chi connectivity index (χ1) is 7.38. The van der Waals surface area contributed by atoms with Gasteiger partial charge in [-0.05, 0) is 39.5 Å². The molecule has 0 N–H and O–H groups in total. The number of hydrogen-bond donors (Lipinski definition) is 0. The molecule has 2 rings (SSSR count). The first kappa shape index (κ1) is 11.4. The molecule has 4 nitrogen and oxygen atoms in total. The van der Waals surface area contributed by atoms with E-state index < -0.39 is 5.60 Å². The van der Waals surface area contributed by atoms with Gasteiger partial charge in [0.15, 0.2) is 5.78 Å². The van der Waals surface area contributed by atoms with Crippen molar-refractivity contribution in [3.05, 3.63) is 0 Å². The fourth-order valence-corrected chi connectivity index (χ4v) is 2.60. The molecule has 0 unspecified atom stereocenters. The summed E-state index contributed by atoms with van der Waals surface area (Å²) in [5, 5.41) is 0. The van der Waals surface area contributed by atoms with E-state index >= 15 is 0 Å². The third kappa shape index (κ3) is 2.06. The quantitative estimate of drug-likeness (QED) is 0.633. The molecule has 2 fully saturated rings. The van der Waals surface area contributed by atoms with Crippen molar-refractivity contribution in [1.82, 2.24) is 4.90 Å². The second-order valence-electron chi connectivity index (χ2n) is 5.67. The molecule has 0 aromatic carbocycles. The van der Waals surface area contributed by atoms with Gasteiger partial charge in [0.05, 0.1) is 6.04 Å². The van der Waals surface area contributed by atoms with Crippen LogP contribution in [0.1, 0.15) is 40.0 Å². The van der Waals surface area contributed by atoms with Crippen LogP contribution in [-0.4, -0.2) is 35.0 Å². The van der Waals surface area contributed by atoms with Crippen molar-refractivity contribution in [1.29, 1.82) is 0 Å². The second-order valence-corrected chi connectivity index (χ2v) is 5.67. The van der Waals surface area contributed by atoms with Gasteiger partial charge < -0.3 is 4.74 Å². The lowest BCUT2D eigenvalue weighted by atomic mass is 10.0. The highest BCUT2D eigenvalue weighted by Gasteiger charge is 2.46. The van der Waals surface area contributed by atoms with Crippen LogP contribution in [-0.2, 0) is 9.53 Å². The fraction of sp³-hybridized carbons (Fsp3) is 0.833. The molecular weight excluding hydrogens is 206 g/mol. The van der Waals surface area contributed by atoms with Crippen molar-refractivity contribution < 1.29 is 14.3 Å². The first-order valence-corrected chi connectivity index (χ1v) is 5.91. The van der Waals surface area contributed by atoms with E-state index in [-0.39, 0.29) is 17.9 Å². The van der Waals surface area contributed by atoms with Crippen molar-refractivity contribution in [2.75, 3.05) is 6.54 Å². The summed E-state index contributed by atoms with van der Waals surface area (Å²) in [6.45, 7) is 6.19. The van der Waals surface area contributed by atoms with Gasteiger partial charge in [-0.1, -0.05) is 0 Å². The van der Waals surface area contributed by atoms with E-state index in [0.717, 1.165) is 12.8 Å². The number of likely N-dealkylation sites (tertiary alicyclic amines) is 1. The standard InChI is InChI=1S/C12H19NO3/c1-12(2,3)16-11(15)13-7-6-8-4-5-9(14)10(8)13/h8,10H,4-7H2,1-3H3/t8-,10+/m1/s1. The van der Waals surface area contributed by atoms with Gasteiger partial charge in [0.2, 0.25) is 0 Å². The van der Waals surface area contributed by atoms with Gasteiger partial charge in [0, 0.05) is 13.0 Å². The first-order valence-electron chi connectivity index (χ1n) is 5.91. The van der Waals surface area contributed by atoms with Crippen molar-refractivity contribution in [2.45, 2.75) is 51.7 Å². The van der Waals surface area contributed by atoms with E-state index in [4.69, 9.17) is 4.74 Å². The van der Waals surface area contributed by atoms with Crippen LogP contribution in [0.5, 0.6) is 0 Å². The molecule has 4 heteroatoms. The largest absolute Gasteiger partial charge is 0.444 e. The van der Waals surface area contributed by atoms with E-state index in [9.17, 15) is 9.59 Å². The molecule has 2 aliphatic rings. The Morgan fingerprint density at radius 3 is 2.69 bits per heavy atom. The monoisotopic (exact) mass is 225 g/mol.